The Balaban J connectivity index is 1.83. The highest BCUT2D eigenvalue weighted by Gasteiger charge is 2.19. The average Bonchev–Trinajstić information content (AvgIpc) is 2.73. The van der Waals surface area contributed by atoms with E-state index in [1.165, 1.54) is 22.3 Å². The normalized spacial score (nSPS) is 13.1. The Labute approximate surface area is 158 Å². The Morgan fingerprint density at radius 2 is 1.15 bits per heavy atom. The maximum absolute atomic E-state index is 4.40. The molecule has 0 saturated heterocycles. The van der Waals surface area contributed by atoms with Crippen LogP contribution < -0.4 is 0 Å². The second-order valence-electron chi connectivity index (χ2n) is 7.03. The molecule has 0 heterocycles. The van der Waals surface area contributed by atoms with Crippen molar-refractivity contribution >= 4 is 5.57 Å². The van der Waals surface area contributed by atoms with E-state index in [1.54, 1.807) is 0 Å². The molecule has 0 N–H and O–H groups in total. The van der Waals surface area contributed by atoms with Crippen LogP contribution in [-0.2, 0) is 0 Å². The van der Waals surface area contributed by atoms with E-state index in [0.717, 1.165) is 19.3 Å². The van der Waals surface area contributed by atoms with Crippen molar-refractivity contribution in [3.63, 3.8) is 0 Å². The second-order valence-corrected chi connectivity index (χ2v) is 7.03. The van der Waals surface area contributed by atoms with Gasteiger partial charge >= 0.3 is 0 Å². The first-order valence-electron chi connectivity index (χ1n) is 9.61. The van der Waals surface area contributed by atoms with Crippen molar-refractivity contribution in [1.82, 2.24) is 0 Å². The van der Waals surface area contributed by atoms with Crippen LogP contribution in [-0.4, -0.2) is 0 Å². The standard InChI is InChI=1S/C26H28/c1-3-22(24-15-9-5-10-16-24)20-26(25-17-11-6-12-18-25)19-21(2)23-13-7-4-8-14-23/h4-18,22,26H,2-3,19-20H2,1H3. The molecule has 2 unspecified atom stereocenters. The first-order valence-corrected chi connectivity index (χ1v) is 9.61. The van der Waals surface area contributed by atoms with Crippen LogP contribution in [0.5, 0.6) is 0 Å². The van der Waals surface area contributed by atoms with E-state index in [0.29, 0.717) is 11.8 Å². The molecule has 0 fully saturated rings. The third-order valence-corrected chi connectivity index (χ3v) is 5.28. The summed E-state index contributed by atoms with van der Waals surface area (Å²) in [6, 6.07) is 32.4. The molecule has 0 bridgehead atoms. The number of hydrogen-bond acceptors (Lipinski definition) is 0. The molecule has 0 saturated carbocycles. The predicted octanol–water partition coefficient (Wildman–Crippen LogP) is 7.46. The summed E-state index contributed by atoms with van der Waals surface area (Å²) < 4.78 is 0. The minimum Gasteiger partial charge on any atom is -0.0952 e. The van der Waals surface area contributed by atoms with Gasteiger partial charge in [0.05, 0.1) is 0 Å². The minimum absolute atomic E-state index is 0.481. The summed E-state index contributed by atoms with van der Waals surface area (Å²) in [5.41, 5.74) is 5.34. The third kappa shape index (κ3) is 4.73. The van der Waals surface area contributed by atoms with Crippen LogP contribution in [0, 0.1) is 0 Å². The molecule has 26 heavy (non-hydrogen) atoms. The minimum atomic E-state index is 0.481. The Kier molecular flexibility index (Phi) is 6.44. The van der Waals surface area contributed by atoms with E-state index in [2.05, 4.69) is 104 Å². The Morgan fingerprint density at radius 1 is 0.692 bits per heavy atom. The van der Waals surface area contributed by atoms with Crippen LogP contribution in [0.25, 0.3) is 5.57 Å². The molecule has 0 nitrogen and oxygen atoms in total. The molecule has 2 atom stereocenters. The lowest BCUT2D eigenvalue weighted by Gasteiger charge is -2.25. The predicted molar refractivity (Wildman–Crippen MR) is 113 cm³/mol. The van der Waals surface area contributed by atoms with Gasteiger partial charge in [-0.15, -0.1) is 0 Å². The summed E-state index contributed by atoms with van der Waals surface area (Å²) in [7, 11) is 0. The summed E-state index contributed by atoms with van der Waals surface area (Å²) >= 11 is 0. The summed E-state index contributed by atoms with van der Waals surface area (Å²) in [4.78, 5) is 0. The molecule has 0 aliphatic heterocycles. The van der Waals surface area contributed by atoms with Crippen LogP contribution in [0.15, 0.2) is 97.6 Å². The molecule has 3 aromatic carbocycles. The van der Waals surface area contributed by atoms with E-state index in [1.807, 2.05) is 0 Å². The van der Waals surface area contributed by atoms with Gasteiger partial charge in [-0.05, 0) is 53.4 Å². The Bertz CT molecular complexity index is 787. The molecular weight excluding hydrogens is 312 g/mol. The molecule has 0 aromatic heterocycles. The average molecular weight is 341 g/mol. The van der Waals surface area contributed by atoms with Crippen molar-refractivity contribution in [3.8, 4) is 0 Å². The van der Waals surface area contributed by atoms with E-state index in [9.17, 15) is 0 Å². The molecule has 3 rings (SSSR count). The van der Waals surface area contributed by atoms with Gasteiger partial charge in [0.15, 0.2) is 0 Å². The Morgan fingerprint density at radius 3 is 1.65 bits per heavy atom. The van der Waals surface area contributed by atoms with Crippen molar-refractivity contribution in [1.29, 1.82) is 0 Å². The summed E-state index contributed by atoms with van der Waals surface area (Å²) in [5.74, 6) is 1.05. The topological polar surface area (TPSA) is 0 Å². The molecule has 0 spiro atoms. The molecule has 0 radical (unpaired) electrons. The maximum Gasteiger partial charge on any atom is -0.0116 e. The molecule has 0 heteroatoms. The van der Waals surface area contributed by atoms with Gasteiger partial charge in [-0.2, -0.15) is 0 Å². The van der Waals surface area contributed by atoms with Gasteiger partial charge in [-0.3, -0.25) is 0 Å². The zero-order valence-electron chi connectivity index (χ0n) is 15.6. The monoisotopic (exact) mass is 340 g/mol. The second kappa shape index (κ2) is 9.20. The number of benzene rings is 3. The van der Waals surface area contributed by atoms with Crippen molar-refractivity contribution < 1.29 is 0 Å². The molecule has 0 aliphatic carbocycles. The fraction of sp³-hybridized carbons (Fsp3) is 0.231. The molecular formula is C26H28. The highest BCUT2D eigenvalue weighted by atomic mass is 14.2. The van der Waals surface area contributed by atoms with Gasteiger partial charge in [-0.1, -0.05) is 104 Å². The maximum atomic E-state index is 4.40. The van der Waals surface area contributed by atoms with Crippen LogP contribution in [0.3, 0.4) is 0 Å². The van der Waals surface area contributed by atoms with E-state index >= 15 is 0 Å². The smallest absolute Gasteiger partial charge is 0.0116 e. The largest absolute Gasteiger partial charge is 0.0952 e. The van der Waals surface area contributed by atoms with Gasteiger partial charge in [0.25, 0.3) is 0 Å². The number of rotatable bonds is 8. The fourth-order valence-corrected chi connectivity index (χ4v) is 3.76. The summed E-state index contributed by atoms with van der Waals surface area (Å²) in [6.07, 6.45) is 3.30. The fourth-order valence-electron chi connectivity index (χ4n) is 3.76. The SMILES string of the molecule is C=C(CC(CC(CC)c1ccccc1)c1ccccc1)c1ccccc1. The molecule has 0 amide bonds. The van der Waals surface area contributed by atoms with Gasteiger partial charge in [-0.25, -0.2) is 0 Å². The van der Waals surface area contributed by atoms with Crippen molar-refractivity contribution in [3.05, 3.63) is 114 Å². The first kappa shape index (κ1) is 18.2. The number of hydrogen-bond donors (Lipinski definition) is 0. The molecule has 0 aliphatic rings. The first-order chi connectivity index (χ1) is 12.8. The van der Waals surface area contributed by atoms with Crippen LogP contribution in [0.4, 0.5) is 0 Å². The summed E-state index contributed by atoms with van der Waals surface area (Å²) in [5, 5.41) is 0. The van der Waals surface area contributed by atoms with Gasteiger partial charge in [0.2, 0.25) is 0 Å². The highest BCUT2D eigenvalue weighted by Crippen LogP contribution is 2.37. The lowest BCUT2D eigenvalue weighted by Crippen LogP contribution is -2.07. The lowest BCUT2D eigenvalue weighted by atomic mass is 9.80. The van der Waals surface area contributed by atoms with Crippen LogP contribution in [0.2, 0.25) is 0 Å². The Hall–Kier alpha value is -2.60. The number of allylic oxidation sites excluding steroid dienone is 1. The van der Waals surface area contributed by atoms with Gasteiger partial charge in [0.1, 0.15) is 0 Å². The van der Waals surface area contributed by atoms with Crippen molar-refractivity contribution in [2.75, 3.05) is 0 Å². The van der Waals surface area contributed by atoms with E-state index in [-0.39, 0.29) is 0 Å². The lowest BCUT2D eigenvalue weighted by molar-refractivity contribution is 0.525. The van der Waals surface area contributed by atoms with Gasteiger partial charge < -0.3 is 0 Å². The summed E-state index contributed by atoms with van der Waals surface area (Å²) in [6.45, 7) is 6.69. The molecule has 132 valence electrons. The van der Waals surface area contributed by atoms with Crippen LogP contribution in [0.1, 0.15) is 54.7 Å². The van der Waals surface area contributed by atoms with Crippen molar-refractivity contribution in [2.24, 2.45) is 0 Å². The van der Waals surface area contributed by atoms with Gasteiger partial charge in [0, 0.05) is 0 Å². The van der Waals surface area contributed by atoms with Crippen molar-refractivity contribution in [2.45, 2.75) is 38.0 Å². The van der Waals surface area contributed by atoms with E-state index in [4.69, 9.17) is 0 Å². The quantitative estimate of drug-likeness (QED) is 0.399. The highest BCUT2D eigenvalue weighted by molar-refractivity contribution is 5.64. The molecule has 3 aromatic rings. The zero-order chi connectivity index (χ0) is 18.2. The van der Waals surface area contributed by atoms with E-state index < -0.39 is 0 Å². The van der Waals surface area contributed by atoms with Crippen LogP contribution >= 0.6 is 0 Å². The third-order valence-electron chi connectivity index (χ3n) is 5.28. The zero-order valence-corrected chi connectivity index (χ0v) is 15.6.